The average Bonchev–Trinajstić information content (AvgIpc) is 3.83. The van der Waals surface area contributed by atoms with Crippen molar-refractivity contribution in [2.45, 2.75) is 87.3 Å². The van der Waals surface area contributed by atoms with Crippen LogP contribution in [0.15, 0.2) is 34.7 Å². The predicted molar refractivity (Wildman–Crippen MR) is 204 cm³/mol. The third-order valence-electron chi connectivity index (χ3n) is 12.8. The molecule has 2 saturated heterocycles. The Morgan fingerprint density at radius 1 is 1.12 bits per heavy atom. The lowest BCUT2D eigenvalue weighted by Crippen LogP contribution is -2.70. The summed E-state index contributed by atoms with van der Waals surface area (Å²) in [4.78, 5) is 29.9. The van der Waals surface area contributed by atoms with E-state index in [0.29, 0.717) is 63.0 Å². The van der Waals surface area contributed by atoms with E-state index in [4.69, 9.17) is 33.8 Å². The minimum absolute atomic E-state index is 0.0245. The number of phenols is 1. The first-order chi connectivity index (χ1) is 27.0. The van der Waals surface area contributed by atoms with Crippen LogP contribution in [0.25, 0.3) is 11.0 Å². The Bertz CT molecular complexity index is 2350. The number of fused-ring (bicyclic) bond motifs is 11. The maximum absolute atomic E-state index is 14.9. The molecule has 8 heterocycles. The molecule has 1 spiro atoms. The van der Waals surface area contributed by atoms with Crippen LogP contribution >= 0.6 is 11.8 Å². The summed E-state index contributed by atoms with van der Waals surface area (Å²) in [6, 6.07) is 7.06. The Morgan fingerprint density at radius 2 is 1.91 bits per heavy atom. The highest BCUT2D eigenvalue weighted by Crippen LogP contribution is 2.64. The van der Waals surface area contributed by atoms with E-state index >= 15 is 0 Å². The number of nitrogens with zero attached hydrogens (tertiary/aromatic N) is 1. The molecule has 7 aliphatic heterocycles. The topological polar surface area (TPSA) is 187 Å². The smallest absolute Gasteiger partial charge is 0.335 e. The summed E-state index contributed by atoms with van der Waals surface area (Å²) in [7, 11) is 1.54. The molecule has 7 aliphatic rings. The van der Waals surface area contributed by atoms with Gasteiger partial charge in [0.15, 0.2) is 28.5 Å². The molecule has 56 heavy (non-hydrogen) atoms. The number of para-hydroxylation sites is 1. The molecule has 0 amide bonds. The first-order valence-corrected chi connectivity index (χ1v) is 20.1. The minimum atomic E-state index is -1.46. The molecule has 3 aromatic carbocycles. The summed E-state index contributed by atoms with van der Waals surface area (Å²) >= 11 is 1.46. The van der Waals surface area contributed by atoms with Crippen LogP contribution in [0, 0.1) is 13.8 Å². The third kappa shape index (κ3) is 4.75. The van der Waals surface area contributed by atoms with Gasteiger partial charge in [-0.1, -0.05) is 31.2 Å². The van der Waals surface area contributed by atoms with Gasteiger partial charge >= 0.3 is 11.9 Å². The van der Waals surface area contributed by atoms with Gasteiger partial charge in [-0.15, -0.1) is 11.8 Å². The molecule has 1 unspecified atom stereocenters. The fraction of sp³-hybridized carbons (Fsp3) is 0.463. The summed E-state index contributed by atoms with van der Waals surface area (Å²) in [5, 5.41) is 32.3. The molecule has 4 bridgehead atoms. The second-order valence-corrected chi connectivity index (χ2v) is 16.9. The summed E-state index contributed by atoms with van der Waals surface area (Å²) in [6.07, 6.45) is -0.521. The Morgan fingerprint density at radius 3 is 2.68 bits per heavy atom. The fourth-order valence-electron chi connectivity index (χ4n) is 10.5. The van der Waals surface area contributed by atoms with Crippen molar-refractivity contribution in [3.05, 3.63) is 75.0 Å². The molecule has 2 fully saturated rings. The van der Waals surface area contributed by atoms with Gasteiger partial charge in [0.05, 0.1) is 30.5 Å². The SMILES string of the molecule is COc1c(C)cc2c(c1O)[C@H]1N[C@@H](C2C)[C@H](O)N2[C@H]1[C@@H]1SC[C@]3(N[C@@H](CN)Cc4c3oc3ccccc43)C(=O)OC[C@H]2c2c3c(c(C)c(OC(C)=O)c21)OCO3. The number of thioether (sulfide) groups is 1. The number of hydrogen-bond donors (Lipinski definition) is 5. The molecule has 15 heteroatoms. The first-order valence-electron chi connectivity index (χ1n) is 19.0. The van der Waals surface area contributed by atoms with Crippen molar-refractivity contribution < 1.29 is 47.9 Å². The molecule has 6 N–H and O–H groups in total. The van der Waals surface area contributed by atoms with E-state index in [-0.39, 0.29) is 43.4 Å². The molecule has 11 rings (SSSR count). The minimum Gasteiger partial charge on any atom is -0.504 e. The molecule has 4 aromatic rings. The van der Waals surface area contributed by atoms with Gasteiger partial charge in [-0.2, -0.15) is 0 Å². The van der Waals surface area contributed by atoms with Crippen LogP contribution < -0.4 is 35.3 Å². The highest BCUT2D eigenvalue weighted by atomic mass is 32.2. The van der Waals surface area contributed by atoms with Crippen LogP contribution in [0.4, 0.5) is 0 Å². The largest absolute Gasteiger partial charge is 0.504 e. The number of nitrogens with two attached hydrogens (primary N) is 1. The first kappa shape index (κ1) is 35.9. The number of hydrogen-bond acceptors (Lipinski definition) is 15. The number of rotatable bonds is 3. The maximum Gasteiger partial charge on any atom is 0.335 e. The molecule has 9 atom stereocenters. The molecule has 0 aliphatic carbocycles. The monoisotopic (exact) mass is 784 g/mol. The van der Waals surface area contributed by atoms with E-state index in [1.54, 1.807) is 0 Å². The number of aliphatic hydroxyl groups is 1. The van der Waals surface area contributed by atoms with Crippen molar-refractivity contribution >= 4 is 34.7 Å². The summed E-state index contributed by atoms with van der Waals surface area (Å²) in [5.74, 6) is 0.919. The highest BCUT2D eigenvalue weighted by Gasteiger charge is 2.61. The number of phenolic OH excluding ortho intramolecular Hbond substituents is 1. The number of carbonyl (C=O) groups excluding carboxylic acids is 2. The number of nitrogens with one attached hydrogen (secondary N) is 2. The van der Waals surface area contributed by atoms with Crippen LogP contribution in [0.1, 0.15) is 81.8 Å². The van der Waals surface area contributed by atoms with E-state index in [9.17, 15) is 19.8 Å². The van der Waals surface area contributed by atoms with Crippen molar-refractivity contribution in [1.82, 2.24) is 15.5 Å². The van der Waals surface area contributed by atoms with Gasteiger partial charge < -0.3 is 49.4 Å². The maximum atomic E-state index is 14.9. The number of methoxy groups -OCH3 is 1. The lowest BCUT2D eigenvalue weighted by atomic mass is 9.71. The van der Waals surface area contributed by atoms with Crippen LogP contribution in [0.5, 0.6) is 28.7 Å². The van der Waals surface area contributed by atoms with Gasteiger partial charge in [-0.3, -0.25) is 15.0 Å². The standard InChI is InChI=1S/C41H44N4O10S/c1-16-10-22-17(2)29-39(48)45-24-13-51-40(49)41(38-23(11-20(12-42)44-41)21-8-6-7-9-25(21)55-38)14-56-37(31(45)30(43-29)26(22)32(47)33(16)50-5)28-27(24)36-35(52-15-53-36)18(3)34(28)54-19(4)46/h6-10,17,20,24,29-31,37,39,43-44,47-48H,11-15,42H2,1-5H3/t17?,20-,24+,29+,30-,31-,37-,39+,41-/m1/s1. The number of piperazine rings is 1. The van der Waals surface area contributed by atoms with Crippen molar-refractivity contribution in [2.75, 3.05) is 32.8 Å². The number of carbonyl (C=O) groups is 2. The van der Waals surface area contributed by atoms with Gasteiger partial charge in [-0.05, 0) is 37.5 Å². The number of ether oxygens (including phenoxy) is 5. The third-order valence-corrected chi connectivity index (χ3v) is 14.3. The van der Waals surface area contributed by atoms with E-state index in [1.807, 2.05) is 56.0 Å². The van der Waals surface area contributed by atoms with Gasteiger partial charge in [0.25, 0.3) is 0 Å². The Balaban J connectivity index is 1.24. The number of aryl methyl sites for hydroxylation is 1. The summed E-state index contributed by atoms with van der Waals surface area (Å²) in [5.41, 5.74) is 10.7. The molecule has 14 nitrogen and oxygen atoms in total. The van der Waals surface area contributed by atoms with Gasteiger partial charge in [0.2, 0.25) is 6.79 Å². The van der Waals surface area contributed by atoms with Gasteiger partial charge in [-0.25, -0.2) is 4.79 Å². The number of benzene rings is 3. The Kier molecular flexibility index (Phi) is 8.17. The van der Waals surface area contributed by atoms with Crippen LogP contribution in [-0.4, -0.2) is 84.2 Å². The van der Waals surface area contributed by atoms with Crippen molar-refractivity contribution in [2.24, 2.45) is 5.73 Å². The molecular formula is C41H44N4O10S. The zero-order valence-corrected chi connectivity index (χ0v) is 32.5. The Labute approximate surface area is 326 Å². The number of aliphatic hydroxyl groups excluding tert-OH is 1. The lowest BCUT2D eigenvalue weighted by molar-refractivity contribution is -0.166. The normalized spacial score (nSPS) is 31.3. The second kappa shape index (κ2) is 12.7. The van der Waals surface area contributed by atoms with Crippen molar-refractivity contribution in [3.63, 3.8) is 0 Å². The van der Waals surface area contributed by atoms with E-state index in [1.165, 1.54) is 25.8 Å². The fourth-order valence-corrected chi connectivity index (χ4v) is 12.1. The van der Waals surface area contributed by atoms with E-state index in [0.717, 1.165) is 22.1 Å². The van der Waals surface area contributed by atoms with Gasteiger partial charge in [0, 0.05) is 70.4 Å². The molecule has 0 radical (unpaired) electrons. The summed E-state index contributed by atoms with van der Waals surface area (Å²) in [6.45, 7) is 7.11. The van der Waals surface area contributed by atoms with Crippen molar-refractivity contribution in [1.29, 1.82) is 0 Å². The van der Waals surface area contributed by atoms with Crippen LogP contribution in [0.2, 0.25) is 0 Å². The lowest BCUT2D eigenvalue weighted by Gasteiger charge is -2.60. The van der Waals surface area contributed by atoms with Crippen LogP contribution in [-0.2, 0) is 26.3 Å². The van der Waals surface area contributed by atoms with Gasteiger partial charge in [0.1, 0.15) is 29.9 Å². The second-order valence-electron chi connectivity index (χ2n) is 15.8. The Hall–Kier alpha value is -4.51. The van der Waals surface area contributed by atoms with Crippen molar-refractivity contribution in [3.8, 4) is 28.7 Å². The quantitative estimate of drug-likeness (QED) is 0.148. The van der Waals surface area contributed by atoms with E-state index < -0.39 is 53.1 Å². The molecular weight excluding hydrogens is 741 g/mol. The highest BCUT2D eigenvalue weighted by molar-refractivity contribution is 7.99. The van der Waals surface area contributed by atoms with E-state index in [2.05, 4.69) is 10.6 Å². The molecule has 1 aromatic heterocycles. The predicted octanol–water partition coefficient (Wildman–Crippen LogP) is 3.99. The van der Waals surface area contributed by atoms with Crippen LogP contribution in [0.3, 0.4) is 0 Å². The average molecular weight is 785 g/mol. The zero-order chi connectivity index (χ0) is 38.9. The zero-order valence-electron chi connectivity index (χ0n) is 31.6. The molecule has 0 saturated carbocycles. The number of aromatic hydroxyl groups is 1. The molecule has 294 valence electrons. The number of esters is 2. The number of furan rings is 1. The summed E-state index contributed by atoms with van der Waals surface area (Å²) < 4.78 is 37.2.